The minimum absolute atomic E-state index is 0.0717. The highest BCUT2D eigenvalue weighted by atomic mass is 32.2. The van der Waals surface area contributed by atoms with Crippen molar-refractivity contribution >= 4 is 40.2 Å². The van der Waals surface area contributed by atoms with Gasteiger partial charge in [0.15, 0.2) is 6.61 Å². The third-order valence-electron chi connectivity index (χ3n) is 4.39. The van der Waals surface area contributed by atoms with Crippen molar-refractivity contribution in [2.75, 3.05) is 12.9 Å². The van der Waals surface area contributed by atoms with Crippen molar-refractivity contribution in [3.8, 4) is 0 Å². The predicted molar refractivity (Wildman–Crippen MR) is 110 cm³/mol. The van der Waals surface area contributed by atoms with Crippen LogP contribution in [0.3, 0.4) is 0 Å². The quantitative estimate of drug-likeness (QED) is 0.241. The van der Waals surface area contributed by atoms with Gasteiger partial charge >= 0.3 is 5.97 Å². The Labute approximate surface area is 171 Å². The maximum atomic E-state index is 12.3. The van der Waals surface area contributed by atoms with Crippen LogP contribution in [0.2, 0.25) is 0 Å². The van der Waals surface area contributed by atoms with Gasteiger partial charge in [0.05, 0.1) is 21.7 Å². The maximum Gasteiger partial charge on any atom is 0.326 e. The van der Waals surface area contributed by atoms with E-state index in [1.54, 1.807) is 23.3 Å². The Morgan fingerprint density at radius 1 is 1.24 bits per heavy atom. The SMILES string of the molecule is CSCc1nc2ccccc2n1CC(=O)OCC(=O)c1ccc(C)c([N+](=O)[O-])c1. The number of nitro groups is 1. The lowest BCUT2D eigenvalue weighted by molar-refractivity contribution is -0.385. The molecule has 3 aromatic rings. The molecular formula is C20H19N3O5S. The number of carbonyl (C=O) groups excluding carboxylic acids is 2. The Balaban J connectivity index is 1.70. The lowest BCUT2D eigenvalue weighted by atomic mass is 10.1. The Hall–Kier alpha value is -3.20. The highest BCUT2D eigenvalue weighted by Gasteiger charge is 2.18. The number of nitrogens with zero attached hydrogens (tertiary/aromatic N) is 3. The molecule has 0 unspecified atom stereocenters. The van der Waals surface area contributed by atoms with Gasteiger partial charge in [0.25, 0.3) is 5.69 Å². The standard InChI is InChI=1S/C20H19N3O5S/c1-13-7-8-14(9-17(13)23(26)27)18(24)11-28-20(25)10-22-16-6-4-3-5-15(16)21-19(22)12-29-2/h3-9H,10-12H2,1-2H3. The van der Waals surface area contributed by atoms with E-state index >= 15 is 0 Å². The Kier molecular flexibility index (Phi) is 6.28. The highest BCUT2D eigenvalue weighted by Crippen LogP contribution is 2.20. The minimum Gasteiger partial charge on any atom is -0.456 e. The van der Waals surface area contributed by atoms with Crippen molar-refractivity contribution in [3.63, 3.8) is 0 Å². The van der Waals surface area contributed by atoms with Crippen LogP contribution in [0.5, 0.6) is 0 Å². The number of nitro benzene ring substituents is 1. The molecule has 0 aliphatic heterocycles. The molecule has 0 saturated heterocycles. The number of carbonyl (C=O) groups is 2. The van der Waals surface area contributed by atoms with Gasteiger partial charge in [0.2, 0.25) is 5.78 Å². The van der Waals surface area contributed by atoms with E-state index in [1.165, 1.54) is 18.2 Å². The van der Waals surface area contributed by atoms with E-state index in [-0.39, 0.29) is 17.8 Å². The fourth-order valence-electron chi connectivity index (χ4n) is 2.92. The first-order valence-electron chi connectivity index (χ1n) is 8.77. The number of ketones is 1. The number of para-hydroxylation sites is 2. The van der Waals surface area contributed by atoms with E-state index in [9.17, 15) is 19.7 Å². The summed E-state index contributed by atoms with van der Waals surface area (Å²) in [5.74, 6) is 0.302. The summed E-state index contributed by atoms with van der Waals surface area (Å²) in [4.78, 5) is 39.7. The molecule has 9 heteroatoms. The molecule has 0 aliphatic rings. The molecule has 150 valence electrons. The van der Waals surface area contributed by atoms with E-state index in [0.29, 0.717) is 11.3 Å². The Bertz CT molecular complexity index is 1090. The van der Waals surface area contributed by atoms with Crippen LogP contribution in [0.15, 0.2) is 42.5 Å². The van der Waals surface area contributed by atoms with Crippen molar-refractivity contribution in [1.29, 1.82) is 0 Å². The van der Waals surface area contributed by atoms with Crippen LogP contribution in [0.1, 0.15) is 21.7 Å². The fourth-order valence-corrected chi connectivity index (χ4v) is 3.40. The van der Waals surface area contributed by atoms with Crippen LogP contribution in [0, 0.1) is 17.0 Å². The maximum absolute atomic E-state index is 12.3. The van der Waals surface area contributed by atoms with Gasteiger partial charge in [0, 0.05) is 17.2 Å². The lowest BCUT2D eigenvalue weighted by Crippen LogP contribution is -2.19. The minimum atomic E-state index is -0.578. The molecule has 0 saturated carbocycles. The molecule has 0 radical (unpaired) electrons. The summed E-state index contributed by atoms with van der Waals surface area (Å²) in [5.41, 5.74) is 2.04. The fraction of sp³-hybridized carbons (Fsp3) is 0.250. The van der Waals surface area contributed by atoms with Crippen LogP contribution in [0.25, 0.3) is 11.0 Å². The molecule has 0 N–H and O–H groups in total. The number of Topliss-reactive ketones (excluding diaryl/α,β-unsaturated/α-hetero) is 1. The molecule has 8 nitrogen and oxygen atoms in total. The molecular weight excluding hydrogens is 394 g/mol. The van der Waals surface area contributed by atoms with Gasteiger partial charge in [-0.3, -0.25) is 19.7 Å². The number of fused-ring (bicyclic) bond motifs is 1. The first-order chi connectivity index (χ1) is 13.9. The van der Waals surface area contributed by atoms with Gasteiger partial charge < -0.3 is 9.30 Å². The molecule has 2 aromatic carbocycles. The second kappa shape index (κ2) is 8.87. The summed E-state index contributed by atoms with van der Waals surface area (Å²) in [7, 11) is 0. The van der Waals surface area contributed by atoms with Crippen molar-refractivity contribution in [2.45, 2.75) is 19.2 Å². The Morgan fingerprint density at radius 2 is 2.00 bits per heavy atom. The number of hydrogen-bond donors (Lipinski definition) is 0. The van der Waals surface area contributed by atoms with Crippen molar-refractivity contribution in [2.24, 2.45) is 0 Å². The molecule has 0 aliphatic carbocycles. The average Bonchev–Trinajstić information content (AvgIpc) is 3.04. The number of benzene rings is 2. The first kappa shape index (κ1) is 20.5. The Morgan fingerprint density at radius 3 is 2.72 bits per heavy atom. The van der Waals surface area contributed by atoms with E-state index < -0.39 is 23.3 Å². The van der Waals surface area contributed by atoms with Crippen LogP contribution < -0.4 is 0 Å². The number of hydrogen-bond acceptors (Lipinski definition) is 7. The van der Waals surface area contributed by atoms with Crippen LogP contribution >= 0.6 is 11.8 Å². The summed E-state index contributed by atoms with van der Waals surface area (Å²) in [6, 6.07) is 11.7. The number of rotatable bonds is 8. The summed E-state index contributed by atoms with van der Waals surface area (Å²) < 4.78 is 6.90. The highest BCUT2D eigenvalue weighted by molar-refractivity contribution is 7.97. The van der Waals surface area contributed by atoms with Gasteiger partial charge in [-0.1, -0.05) is 24.3 Å². The molecule has 0 spiro atoms. The van der Waals surface area contributed by atoms with Crippen molar-refractivity contribution < 1.29 is 19.2 Å². The lowest BCUT2D eigenvalue weighted by Gasteiger charge is -2.09. The van der Waals surface area contributed by atoms with Crippen LogP contribution in [-0.2, 0) is 21.8 Å². The average molecular weight is 413 g/mol. The van der Waals surface area contributed by atoms with Gasteiger partial charge in [-0.25, -0.2) is 4.98 Å². The molecule has 0 fully saturated rings. The van der Waals surface area contributed by atoms with Gasteiger partial charge in [0.1, 0.15) is 12.4 Å². The normalized spacial score (nSPS) is 10.8. The monoisotopic (exact) mass is 413 g/mol. The van der Waals surface area contributed by atoms with Crippen molar-refractivity contribution in [1.82, 2.24) is 9.55 Å². The number of ether oxygens (including phenoxy) is 1. The molecule has 1 heterocycles. The van der Waals surface area contributed by atoms with Gasteiger partial charge in [-0.2, -0.15) is 11.8 Å². The largest absolute Gasteiger partial charge is 0.456 e. The van der Waals surface area contributed by atoms with E-state index in [4.69, 9.17) is 4.74 Å². The van der Waals surface area contributed by atoms with Crippen LogP contribution in [-0.4, -0.2) is 39.1 Å². The zero-order chi connectivity index (χ0) is 21.0. The summed E-state index contributed by atoms with van der Waals surface area (Å²) >= 11 is 1.59. The summed E-state index contributed by atoms with van der Waals surface area (Å²) in [5, 5.41) is 11.0. The predicted octanol–water partition coefficient (Wildman–Crippen LogP) is 3.54. The number of aromatic nitrogens is 2. The summed E-state index contributed by atoms with van der Waals surface area (Å²) in [6.45, 7) is 1.04. The topological polar surface area (TPSA) is 104 Å². The van der Waals surface area contributed by atoms with E-state index in [2.05, 4.69) is 4.98 Å². The smallest absolute Gasteiger partial charge is 0.326 e. The van der Waals surface area contributed by atoms with Crippen LogP contribution in [0.4, 0.5) is 5.69 Å². The van der Waals surface area contributed by atoms with Gasteiger partial charge in [-0.15, -0.1) is 0 Å². The van der Waals surface area contributed by atoms with Crippen molar-refractivity contribution in [3.05, 3.63) is 69.5 Å². The van der Waals surface area contributed by atoms with Gasteiger partial charge in [-0.05, 0) is 25.3 Å². The molecule has 0 bridgehead atoms. The second-order valence-electron chi connectivity index (χ2n) is 6.38. The first-order valence-corrected chi connectivity index (χ1v) is 10.2. The third-order valence-corrected chi connectivity index (χ3v) is 4.93. The number of aryl methyl sites for hydroxylation is 1. The van der Waals surface area contributed by atoms with E-state index in [1.807, 2.05) is 30.5 Å². The number of imidazole rings is 1. The number of thioether (sulfide) groups is 1. The molecule has 29 heavy (non-hydrogen) atoms. The summed E-state index contributed by atoms with van der Waals surface area (Å²) in [6.07, 6.45) is 1.95. The molecule has 1 aromatic heterocycles. The number of esters is 1. The molecule has 0 atom stereocenters. The van der Waals surface area contributed by atoms with E-state index in [0.717, 1.165) is 16.9 Å². The zero-order valence-electron chi connectivity index (χ0n) is 16.0. The zero-order valence-corrected chi connectivity index (χ0v) is 16.8. The molecule has 3 rings (SSSR count). The second-order valence-corrected chi connectivity index (χ2v) is 7.24. The third kappa shape index (κ3) is 4.62. The molecule has 0 amide bonds.